The smallest absolute Gasteiger partial charge is 0.475 e. The molecule has 16 nitrogen and oxygen atoms in total. The first-order valence-corrected chi connectivity index (χ1v) is 12.3. The Labute approximate surface area is 244 Å². The number of amides is 4. The Balaban J connectivity index is 0.00000223. The number of hydrogen-bond acceptors (Lipinski definition) is 8. The third kappa shape index (κ3) is 14.5. The number of aliphatic carboxylic acids is 1. The highest BCUT2D eigenvalue weighted by atomic mass is 19.4. The molecule has 2 unspecified atom stereocenters. The van der Waals surface area contributed by atoms with Crippen LogP contribution in [0.1, 0.15) is 24.0 Å². The van der Waals surface area contributed by atoms with Crippen molar-refractivity contribution in [3.05, 3.63) is 35.4 Å². The molecule has 0 radical (unpaired) electrons. The van der Waals surface area contributed by atoms with E-state index in [1.54, 1.807) is 24.3 Å². The molecule has 0 saturated carbocycles. The maximum Gasteiger partial charge on any atom is 0.490 e. The zero-order valence-corrected chi connectivity index (χ0v) is 23.3. The van der Waals surface area contributed by atoms with Crippen LogP contribution in [0.2, 0.25) is 0 Å². The number of aliphatic hydroxyl groups excluding tert-OH is 1. The summed E-state index contributed by atoms with van der Waals surface area (Å²) < 4.78 is 31.7. The van der Waals surface area contributed by atoms with Gasteiger partial charge in [-0.1, -0.05) is 24.3 Å². The molecule has 3 atom stereocenters. The first kappa shape index (κ1) is 38.1. The van der Waals surface area contributed by atoms with Gasteiger partial charge in [0.25, 0.3) is 0 Å². The van der Waals surface area contributed by atoms with E-state index in [4.69, 9.17) is 37.9 Å². The molecule has 0 heterocycles. The van der Waals surface area contributed by atoms with Gasteiger partial charge < -0.3 is 48.3 Å². The molecule has 1 rings (SSSR count). The Morgan fingerprint density at radius 3 is 1.86 bits per heavy atom. The fourth-order valence-corrected chi connectivity index (χ4v) is 3.21. The highest BCUT2D eigenvalue weighted by molar-refractivity contribution is 6.02. The lowest BCUT2D eigenvalue weighted by molar-refractivity contribution is -0.192. The summed E-state index contributed by atoms with van der Waals surface area (Å²) in [6.45, 7) is -0.512. The molecule has 0 spiro atoms. The number of guanidine groups is 1. The summed E-state index contributed by atoms with van der Waals surface area (Å²) in [5.74, 6) is -7.31. The van der Waals surface area contributed by atoms with E-state index >= 15 is 0 Å². The number of alkyl halides is 3. The van der Waals surface area contributed by atoms with Crippen LogP contribution in [0.15, 0.2) is 24.3 Å². The third-order valence-electron chi connectivity index (χ3n) is 5.46. The third-order valence-corrected chi connectivity index (χ3v) is 5.46. The number of carboxylic acid groups (broad SMARTS) is 1. The number of aliphatic hydroxyl groups is 1. The number of carbonyl (C=O) groups excluding carboxylic acids is 4. The van der Waals surface area contributed by atoms with Gasteiger partial charge in [0.1, 0.15) is 23.8 Å². The van der Waals surface area contributed by atoms with Gasteiger partial charge in [0.05, 0.1) is 6.61 Å². The standard InChI is InChI=1S/C22H35N9O5.C2HF3O2/c1-31(2)21(36)14(10-12-5-7-13(8-6-12)17(23)24)19(34)30-16(11-32)20(35)29-15(18(25)33)4-3-9-28-22(26)27;3-2(4,5)1(6)7/h5-8,14-16,32H,3-4,9-11H2,1-2H3,(H3,23,24)(H2,25,33)(H,29,35)(H,30,34)(H4,26,27,28);(H,6,7)/t14?,15-,16?;/m0./s1. The lowest BCUT2D eigenvalue weighted by Crippen LogP contribution is -2.56. The number of amidine groups is 1. The van der Waals surface area contributed by atoms with Crippen LogP contribution in [0.25, 0.3) is 0 Å². The molecular weight excluding hydrogens is 583 g/mol. The van der Waals surface area contributed by atoms with Gasteiger partial charge in [0, 0.05) is 26.2 Å². The highest BCUT2D eigenvalue weighted by Crippen LogP contribution is 2.14. The molecule has 0 aliphatic heterocycles. The molecule has 4 amide bonds. The maximum absolute atomic E-state index is 13.0. The Morgan fingerprint density at radius 1 is 0.953 bits per heavy atom. The van der Waals surface area contributed by atoms with Gasteiger partial charge in [-0.2, -0.15) is 13.2 Å². The summed E-state index contributed by atoms with van der Waals surface area (Å²) in [5.41, 5.74) is 17.1. The van der Waals surface area contributed by atoms with Gasteiger partial charge in [-0.15, -0.1) is 0 Å². The van der Waals surface area contributed by atoms with E-state index in [2.05, 4.69) is 16.0 Å². The number of primary amides is 1. The molecule has 240 valence electrons. The van der Waals surface area contributed by atoms with E-state index in [0.29, 0.717) is 17.5 Å². The van der Waals surface area contributed by atoms with Crippen LogP contribution in [-0.2, 0) is 30.4 Å². The van der Waals surface area contributed by atoms with Gasteiger partial charge >= 0.3 is 12.1 Å². The van der Waals surface area contributed by atoms with Crippen LogP contribution in [0.4, 0.5) is 13.2 Å². The lowest BCUT2D eigenvalue weighted by atomic mass is 9.96. The summed E-state index contributed by atoms with van der Waals surface area (Å²) in [7, 11) is 2.96. The quantitative estimate of drug-likeness (QED) is 0.0454. The minimum atomic E-state index is -5.08. The number of carboxylic acids is 1. The molecule has 1 aromatic carbocycles. The average Bonchev–Trinajstić information content (AvgIpc) is 2.90. The molecule has 1 aromatic rings. The normalized spacial score (nSPS) is 12.7. The molecule has 0 bridgehead atoms. The van der Waals surface area contributed by atoms with E-state index < -0.39 is 60.4 Å². The van der Waals surface area contributed by atoms with Crippen LogP contribution in [0, 0.1) is 16.7 Å². The number of nitrogen functional groups attached to an aromatic ring is 1. The number of nitrogens with zero attached hydrogens (tertiary/aromatic N) is 1. The number of nitrogens with one attached hydrogen (secondary N) is 5. The predicted octanol–water partition coefficient (Wildman–Crippen LogP) is -2.44. The molecule has 13 N–H and O–H groups in total. The SMILES string of the molecule is CN(C)C(=O)C(Cc1ccc(C(=N)N)cc1)C(=O)NC(CO)C(=O)N[C@@H](CCCNC(=N)N)C(N)=O.O=C(O)C(F)(F)F. The molecule has 0 aromatic heterocycles. The van der Waals surface area contributed by atoms with Gasteiger partial charge in [0.2, 0.25) is 23.6 Å². The van der Waals surface area contributed by atoms with E-state index in [9.17, 15) is 37.5 Å². The number of halogens is 3. The number of carbonyl (C=O) groups is 5. The summed E-state index contributed by atoms with van der Waals surface area (Å²) in [5, 5.41) is 38.7. The Hall–Kier alpha value is -4.94. The van der Waals surface area contributed by atoms with Crippen molar-refractivity contribution < 1.29 is 47.4 Å². The second-order valence-corrected chi connectivity index (χ2v) is 9.09. The van der Waals surface area contributed by atoms with Crippen molar-refractivity contribution in [2.24, 2.45) is 23.1 Å². The summed E-state index contributed by atoms with van der Waals surface area (Å²) in [6.07, 6.45) is -4.61. The second kappa shape index (κ2) is 17.8. The number of nitrogens with two attached hydrogens (primary N) is 3. The Bertz CT molecular complexity index is 1160. The van der Waals surface area contributed by atoms with Gasteiger partial charge in [-0.05, 0) is 24.8 Å². The number of benzene rings is 1. The van der Waals surface area contributed by atoms with Crippen molar-refractivity contribution in [3.63, 3.8) is 0 Å². The summed E-state index contributed by atoms with van der Waals surface area (Å²) >= 11 is 0. The molecule has 0 aliphatic carbocycles. The zero-order valence-electron chi connectivity index (χ0n) is 23.3. The average molecular weight is 620 g/mol. The minimum Gasteiger partial charge on any atom is -0.475 e. The summed E-state index contributed by atoms with van der Waals surface area (Å²) in [6, 6.07) is 3.92. The van der Waals surface area contributed by atoms with Crippen LogP contribution in [0.3, 0.4) is 0 Å². The van der Waals surface area contributed by atoms with Gasteiger partial charge in [0.15, 0.2) is 5.96 Å². The molecule has 0 saturated heterocycles. The van der Waals surface area contributed by atoms with E-state index in [-0.39, 0.29) is 31.2 Å². The van der Waals surface area contributed by atoms with Gasteiger partial charge in [-0.3, -0.25) is 30.0 Å². The molecular formula is C24H36F3N9O7. The highest BCUT2D eigenvalue weighted by Gasteiger charge is 2.38. The predicted molar refractivity (Wildman–Crippen MR) is 146 cm³/mol. The Kier molecular flexibility index (Phi) is 15.7. The van der Waals surface area contributed by atoms with Crippen LogP contribution in [0.5, 0.6) is 0 Å². The van der Waals surface area contributed by atoms with Crippen LogP contribution in [-0.4, -0.2) is 102 Å². The first-order chi connectivity index (χ1) is 19.8. The van der Waals surface area contributed by atoms with E-state index in [1.807, 2.05) is 0 Å². The van der Waals surface area contributed by atoms with Crippen molar-refractivity contribution in [2.75, 3.05) is 27.2 Å². The second-order valence-electron chi connectivity index (χ2n) is 9.09. The fourth-order valence-electron chi connectivity index (χ4n) is 3.21. The molecule has 0 fully saturated rings. The van der Waals surface area contributed by atoms with E-state index in [1.165, 1.54) is 19.0 Å². The number of hydrogen-bond donors (Lipinski definition) is 10. The monoisotopic (exact) mass is 619 g/mol. The molecule has 43 heavy (non-hydrogen) atoms. The largest absolute Gasteiger partial charge is 0.490 e. The lowest BCUT2D eigenvalue weighted by Gasteiger charge is -2.24. The van der Waals surface area contributed by atoms with Crippen molar-refractivity contribution in [3.8, 4) is 0 Å². The van der Waals surface area contributed by atoms with Gasteiger partial charge in [-0.25, -0.2) is 4.79 Å². The maximum atomic E-state index is 13.0. The molecule has 0 aliphatic rings. The van der Waals surface area contributed by atoms with Crippen molar-refractivity contribution in [1.29, 1.82) is 10.8 Å². The van der Waals surface area contributed by atoms with E-state index in [0.717, 1.165) is 0 Å². The number of rotatable bonds is 14. The minimum absolute atomic E-state index is 0.00609. The topological polar surface area (TPSA) is 291 Å². The van der Waals surface area contributed by atoms with Crippen LogP contribution >= 0.6 is 0 Å². The van der Waals surface area contributed by atoms with Crippen molar-refractivity contribution in [2.45, 2.75) is 37.5 Å². The Morgan fingerprint density at radius 2 is 1.47 bits per heavy atom. The molecule has 19 heteroatoms. The fraction of sp³-hybridized carbons (Fsp3) is 0.458. The summed E-state index contributed by atoms with van der Waals surface area (Å²) in [4.78, 5) is 60.3. The van der Waals surface area contributed by atoms with Crippen LogP contribution < -0.4 is 33.2 Å². The van der Waals surface area contributed by atoms with Crippen molar-refractivity contribution >= 4 is 41.4 Å². The first-order valence-electron chi connectivity index (χ1n) is 12.3. The van der Waals surface area contributed by atoms with Crippen molar-refractivity contribution in [1.82, 2.24) is 20.9 Å². The zero-order chi connectivity index (χ0) is 33.5.